The summed E-state index contributed by atoms with van der Waals surface area (Å²) in [6.07, 6.45) is 0.669. The summed E-state index contributed by atoms with van der Waals surface area (Å²) in [6, 6.07) is 0. The van der Waals surface area contributed by atoms with E-state index >= 15 is 0 Å². The van der Waals surface area contributed by atoms with E-state index in [4.69, 9.17) is 0 Å². The molecule has 0 bridgehead atoms. The van der Waals surface area contributed by atoms with Crippen molar-refractivity contribution in [2.45, 2.75) is 27.2 Å². The molecule has 0 aliphatic carbocycles. The average molecular weight is 155 g/mol. The Morgan fingerprint density at radius 3 is 2.73 bits per heavy atom. The van der Waals surface area contributed by atoms with Crippen LogP contribution >= 0.6 is 0 Å². The summed E-state index contributed by atoms with van der Waals surface area (Å²) < 4.78 is 0. The van der Waals surface area contributed by atoms with Crippen molar-refractivity contribution in [1.29, 1.82) is 0 Å². The first kappa shape index (κ1) is 8.72. The highest BCUT2D eigenvalue weighted by atomic mass is 16.1. The number of carbonyl (C=O) groups excluding carboxylic acids is 1. The second-order valence-corrected chi connectivity index (χ2v) is 3.73. The van der Waals surface area contributed by atoms with Crippen LogP contribution < -0.4 is 5.32 Å². The van der Waals surface area contributed by atoms with E-state index in [0.29, 0.717) is 18.1 Å². The van der Waals surface area contributed by atoms with Gasteiger partial charge in [0.15, 0.2) is 0 Å². The summed E-state index contributed by atoms with van der Waals surface area (Å²) in [6.45, 7) is 8.01. The highest BCUT2D eigenvalue weighted by Crippen LogP contribution is 2.32. The predicted molar refractivity (Wildman–Crippen MR) is 45.4 cm³/mol. The molecule has 0 saturated carbocycles. The summed E-state index contributed by atoms with van der Waals surface area (Å²) in [7, 11) is 0. The first-order valence-electron chi connectivity index (χ1n) is 4.35. The van der Waals surface area contributed by atoms with Gasteiger partial charge in [-0.1, -0.05) is 20.8 Å². The van der Waals surface area contributed by atoms with E-state index in [-0.39, 0.29) is 5.41 Å². The van der Waals surface area contributed by atoms with Crippen molar-refractivity contribution in [3.63, 3.8) is 0 Å². The number of hydrogen-bond acceptors (Lipinski definition) is 2. The topological polar surface area (TPSA) is 29.1 Å². The zero-order valence-electron chi connectivity index (χ0n) is 7.61. The van der Waals surface area contributed by atoms with E-state index in [2.05, 4.69) is 19.2 Å². The van der Waals surface area contributed by atoms with Crippen molar-refractivity contribution < 1.29 is 4.79 Å². The van der Waals surface area contributed by atoms with Crippen molar-refractivity contribution in [3.05, 3.63) is 0 Å². The molecule has 1 aliphatic heterocycles. The molecule has 0 radical (unpaired) electrons. The molecular weight excluding hydrogens is 138 g/mol. The van der Waals surface area contributed by atoms with Gasteiger partial charge in [-0.25, -0.2) is 0 Å². The molecular formula is C9H17NO. The minimum Gasteiger partial charge on any atom is -0.315 e. The molecule has 2 atom stereocenters. The van der Waals surface area contributed by atoms with Gasteiger partial charge in [0.1, 0.15) is 5.78 Å². The molecule has 11 heavy (non-hydrogen) atoms. The van der Waals surface area contributed by atoms with E-state index in [0.717, 1.165) is 13.1 Å². The van der Waals surface area contributed by atoms with Crippen LogP contribution in [0.3, 0.4) is 0 Å². The lowest BCUT2D eigenvalue weighted by molar-refractivity contribution is -0.128. The minimum atomic E-state index is -0.0885. The minimum absolute atomic E-state index is 0.0885. The number of nitrogens with one attached hydrogen (secondary N) is 1. The zero-order valence-corrected chi connectivity index (χ0v) is 7.61. The highest BCUT2D eigenvalue weighted by molar-refractivity contribution is 5.85. The van der Waals surface area contributed by atoms with Crippen LogP contribution in [-0.2, 0) is 4.79 Å². The SMILES string of the molecule is CCC(=O)[C@@]1(C)CNC[C@@H]1C. The largest absolute Gasteiger partial charge is 0.315 e. The molecule has 2 heteroatoms. The van der Waals surface area contributed by atoms with E-state index in [1.807, 2.05) is 6.92 Å². The monoisotopic (exact) mass is 155 g/mol. The molecule has 0 aromatic heterocycles. The van der Waals surface area contributed by atoms with E-state index in [9.17, 15) is 4.79 Å². The van der Waals surface area contributed by atoms with Crippen molar-refractivity contribution in [3.8, 4) is 0 Å². The quantitative estimate of drug-likeness (QED) is 0.649. The van der Waals surface area contributed by atoms with E-state index in [1.165, 1.54) is 0 Å². The van der Waals surface area contributed by atoms with Crippen LogP contribution in [0.5, 0.6) is 0 Å². The molecule has 0 spiro atoms. The third-order valence-electron chi connectivity index (χ3n) is 2.99. The Labute approximate surface area is 68.4 Å². The fourth-order valence-corrected chi connectivity index (χ4v) is 1.73. The van der Waals surface area contributed by atoms with Crippen LogP contribution in [0.25, 0.3) is 0 Å². The van der Waals surface area contributed by atoms with Gasteiger partial charge in [0, 0.05) is 18.4 Å². The van der Waals surface area contributed by atoms with Crippen LogP contribution in [0.2, 0.25) is 0 Å². The predicted octanol–water partition coefficient (Wildman–Crippen LogP) is 1.21. The Morgan fingerprint density at radius 1 is 1.73 bits per heavy atom. The lowest BCUT2D eigenvalue weighted by Crippen LogP contribution is -2.34. The first-order valence-corrected chi connectivity index (χ1v) is 4.35. The molecule has 64 valence electrons. The van der Waals surface area contributed by atoms with Gasteiger partial charge in [-0.2, -0.15) is 0 Å². The Hall–Kier alpha value is -0.370. The Bertz CT molecular complexity index is 167. The third kappa shape index (κ3) is 1.32. The Kier molecular flexibility index (Phi) is 2.33. The lowest BCUT2D eigenvalue weighted by Gasteiger charge is -2.25. The molecule has 1 N–H and O–H groups in total. The smallest absolute Gasteiger partial charge is 0.140 e. The maximum absolute atomic E-state index is 11.5. The molecule has 0 aromatic rings. The molecule has 2 nitrogen and oxygen atoms in total. The van der Waals surface area contributed by atoms with Crippen LogP contribution in [0.4, 0.5) is 0 Å². The molecule has 1 rings (SSSR count). The first-order chi connectivity index (χ1) is 5.11. The second-order valence-electron chi connectivity index (χ2n) is 3.73. The molecule has 0 aromatic carbocycles. The lowest BCUT2D eigenvalue weighted by atomic mass is 9.76. The van der Waals surface area contributed by atoms with Crippen LogP contribution in [0.15, 0.2) is 0 Å². The Morgan fingerprint density at radius 2 is 2.36 bits per heavy atom. The average Bonchev–Trinajstić information content (AvgIpc) is 2.32. The molecule has 1 aliphatic rings. The summed E-state index contributed by atoms with van der Waals surface area (Å²) in [5.41, 5.74) is -0.0885. The fourth-order valence-electron chi connectivity index (χ4n) is 1.73. The maximum atomic E-state index is 11.5. The van der Waals surface area contributed by atoms with Gasteiger partial charge in [-0.15, -0.1) is 0 Å². The number of rotatable bonds is 2. The van der Waals surface area contributed by atoms with Crippen molar-refractivity contribution in [2.75, 3.05) is 13.1 Å². The van der Waals surface area contributed by atoms with Gasteiger partial charge in [0.05, 0.1) is 0 Å². The summed E-state index contributed by atoms with van der Waals surface area (Å²) in [5, 5.41) is 3.26. The van der Waals surface area contributed by atoms with Crippen molar-refractivity contribution in [2.24, 2.45) is 11.3 Å². The van der Waals surface area contributed by atoms with Crippen LogP contribution in [-0.4, -0.2) is 18.9 Å². The van der Waals surface area contributed by atoms with Gasteiger partial charge < -0.3 is 5.32 Å². The number of Topliss-reactive ketones (excluding diaryl/α,β-unsaturated/α-hetero) is 1. The van der Waals surface area contributed by atoms with Crippen LogP contribution in [0.1, 0.15) is 27.2 Å². The number of hydrogen-bond donors (Lipinski definition) is 1. The Balaban J connectivity index is 2.72. The van der Waals surface area contributed by atoms with Gasteiger partial charge in [-0.3, -0.25) is 4.79 Å². The molecule has 1 fully saturated rings. The van der Waals surface area contributed by atoms with Gasteiger partial charge in [-0.05, 0) is 12.5 Å². The maximum Gasteiger partial charge on any atom is 0.140 e. The second kappa shape index (κ2) is 2.94. The normalized spacial score (nSPS) is 37.5. The van der Waals surface area contributed by atoms with Crippen LogP contribution in [0, 0.1) is 11.3 Å². The summed E-state index contributed by atoms with van der Waals surface area (Å²) >= 11 is 0. The van der Waals surface area contributed by atoms with Crippen molar-refractivity contribution >= 4 is 5.78 Å². The zero-order chi connectivity index (χ0) is 8.48. The highest BCUT2D eigenvalue weighted by Gasteiger charge is 2.40. The standard InChI is InChI=1S/C9H17NO/c1-4-8(11)9(3)6-10-5-7(9)2/h7,10H,4-6H2,1-3H3/t7-,9-/m0/s1. The van der Waals surface area contributed by atoms with Gasteiger partial charge >= 0.3 is 0 Å². The van der Waals surface area contributed by atoms with Gasteiger partial charge in [0.25, 0.3) is 0 Å². The fraction of sp³-hybridized carbons (Fsp3) is 0.889. The van der Waals surface area contributed by atoms with E-state index < -0.39 is 0 Å². The molecule has 0 unspecified atom stereocenters. The molecule has 0 amide bonds. The number of ketones is 1. The number of carbonyl (C=O) groups is 1. The molecule has 1 saturated heterocycles. The van der Waals surface area contributed by atoms with Gasteiger partial charge in [0.2, 0.25) is 0 Å². The summed E-state index contributed by atoms with van der Waals surface area (Å²) in [4.78, 5) is 11.5. The third-order valence-corrected chi connectivity index (χ3v) is 2.99. The summed E-state index contributed by atoms with van der Waals surface area (Å²) in [5.74, 6) is 0.893. The van der Waals surface area contributed by atoms with E-state index in [1.54, 1.807) is 0 Å². The van der Waals surface area contributed by atoms with Crippen molar-refractivity contribution in [1.82, 2.24) is 5.32 Å². The molecule has 1 heterocycles.